The molecule has 106 valence electrons. The summed E-state index contributed by atoms with van der Waals surface area (Å²) >= 11 is 0. The number of nitrogens with one attached hydrogen (secondary N) is 1. The molecule has 3 N–H and O–H groups in total. The molecule has 1 amide bonds. The molecule has 0 fully saturated rings. The monoisotopic (exact) mass is 285 g/mol. The topological polar surface area (TPSA) is 85.8 Å². The number of halogens is 3. The Morgan fingerprint density at radius 2 is 2.10 bits per heavy atom. The Kier molecular flexibility index (Phi) is 3.99. The fraction of sp³-hybridized carbons (Fsp3) is 0.182. The summed E-state index contributed by atoms with van der Waals surface area (Å²) in [6.07, 6.45) is 1.24. The van der Waals surface area contributed by atoms with Crippen molar-refractivity contribution in [1.82, 2.24) is 20.3 Å². The molecular weight excluding hydrogens is 275 g/mol. The van der Waals surface area contributed by atoms with E-state index in [0.717, 1.165) is 10.7 Å². The molecule has 0 aliphatic carbocycles. The standard InChI is InChI=1S/C11H10F3N5O/c12-6-1-8(13)11(14)9(2-6)19-5-7(17-18-19)4-16-10(20)3-15/h1-2,5H,3-4,15H2,(H,16,20). The van der Waals surface area contributed by atoms with Crippen LogP contribution < -0.4 is 11.1 Å². The maximum atomic E-state index is 13.5. The Balaban J connectivity index is 2.23. The number of rotatable bonds is 4. The molecule has 0 atom stereocenters. The van der Waals surface area contributed by atoms with Crippen LogP contribution in [0.15, 0.2) is 18.3 Å². The number of hydrogen-bond donors (Lipinski definition) is 2. The Morgan fingerprint density at radius 1 is 1.35 bits per heavy atom. The van der Waals surface area contributed by atoms with Crippen molar-refractivity contribution in [3.05, 3.63) is 41.5 Å². The van der Waals surface area contributed by atoms with Crippen molar-refractivity contribution in [3.8, 4) is 5.69 Å². The molecule has 2 aromatic rings. The van der Waals surface area contributed by atoms with E-state index < -0.39 is 29.0 Å². The smallest absolute Gasteiger partial charge is 0.234 e. The van der Waals surface area contributed by atoms with Gasteiger partial charge in [-0.3, -0.25) is 4.79 Å². The van der Waals surface area contributed by atoms with Gasteiger partial charge in [0.25, 0.3) is 0 Å². The maximum absolute atomic E-state index is 13.5. The minimum Gasteiger partial charge on any atom is -0.349 e. The first-order chi connectivity index (χ1) is 9.51. The SMILES string of the molecule is NCC(=O)NCc1cn(-c2cc(F)cc(F)c2F)nn1. The van der Waals surface area contributed by atoms with Crippen molar-refractivity contribution in [2.45, 2.75) is 6.54 Å². The maximum Gasteiger partial charge on any atom is 0.234 e. The van der Waals surface area contributed by atoms with E-state index in [-0.39, 0.29) is 18.8 Å². The zero-order valence-electron chi connectivity index (χ0n) is 10.1. The third-order valence-electron chi connectivity index (χ3n) is 2.41. The summed E-state index contributed by atoms with van der Waals surface area (Å²) in [5.41, 5.74) is 4.98. The average molecular weight is 285 g/mol. The molecule has 0 saturated carbocycles. The second kappa shape index (κ2) is 5.70. The molecule has 0 aliphatic rings. The van der Waals surface area contributed by atoms with Gasteiger partial charge >= 0.3 is 0 Å². The molecule has 1 heterocycles. The number of carbonyl (C=O) groups excluding carboxylic acids is 1. The number of benzene rings is 1. The Bertz CT molecular complexity index is 643. The number of nitrogens with zero attached hydrogens (tertiary/aromatic N) is 3. The van der Waals surface area contributed by atoms with Crippen molar-refractivity contribution in [2.75, 3.05) is 6.54 Å². The van der Waals surface area contributed by atoms with Gasteiger partial charge in [0.1, 0.15) is 17.2 Å². The van der Waals surface area contributed by atoms with Crippen LogP contribution in [-0.4, -0.2) is 27.4 Å². The van der Waals surface area contributed by atoms with Crippen molar-refractivity contribution >= 4 is 5.91 Å². The van der Waals surface area contributed by atoms with E-state index >= 15 is 0 Å². The van der Waals surface area contributed by atoms with Crippen LogP contribution in [0.4, 0.5) is 13.2 Å². The number of carbonyl (C=O) groups is 1. The van der Waals surface area contributed by atoms with Gasteiger partial charge in [0.15, 0.2) is 11.6 Å². The molecule has 0 unspecified atom stereocenters. The molecule has 6 nitrogen and oxygen atoms in total. The highest BCUT2D eigenvalue weighted by atomic mass is 19.2. The summed E-state index contributed by atoms with van der Waals surface area (Å²) in [6.45, 7) is -0.159. The van der Waals surface area contributed by atoms with Crippen molar-refractivity contribution < 1.29 is 18.0 Å². The number of aromatic nitrogens is 3. The van der Waals surface area contributed by atoms with Crippen LogP contribution in [0.5, 0.6) is 0 Å². The Hall–Kier alpha value is -2.42. The number of nitrogens with two attached hydrogens (primary N) is 1. The molecule has 2 rings (SSSR count). The second-order valence-corrected chi connectivity index (χ2v) is 3.86. The van der Waals surface area contributed by atoms with Gasteiger partial charge in [-0.05, 0) is 0 Å². The first-order valence-electron chi connectivity index (χ1n) is 5.54. The van der Waals surface area contributed by atoms with Gasteiger partial charge in [0.05, 0.1) is 19.3 Å². The molecule has 9 heteroatoms. The summed E-state index contributed by atoms with van der Waals surface area (Å²) in [5, 5.41) is 9.62. The van der Waals surface area contributed by atoms with Crippen LogP contribution in [0, 0.1) is 17.5 Å². The highest BCUT2D eigenvalue weighted by Crippen LogP contribution is 2.17. The summed E-state index contributed by atoms with van der Waals surface area (Å²) in [5.74, 6) is -3.91. The molecule has 20 heavy (non-hydrogen) atoms. The molecule has 0 radical (unpaired) electrons. The summed E-state index contributed by atoms with van der Waals surface area (Å²) in [7, 11) is 0. The normalized spacial score (nSPS) is 10.6. The molecule has 0 aliphatic heterocycles. The van der Waals surface area contributed by atoms with E-state index in [1.165, 1.54) is 6.20 Å². The van der Waals surface area contributed by atoms with Gasteiger partial charge < -0.3 is 11.1 Å². The fourth-order valence-electron chi connectivity index (χ4n) is 1.47. The van der Waals surface area contributed by atoms with E-state index in [1.807, 2.05) is 0 Å². The quantitative estimate of drug-likeness (QED) is 0.789. The van der Waals surface area contributed by atoms with Crippen LogP contribution >= 0.6 is 0 Å². The van der Waals surface area contributed by atoms with Gasteiger partial charge in [-0.1, -0.05) is 5.21 Å². The van der Waals surface area contributed by atoms with Crippen LogP contribution in [0.2, 0.25) is 0 Å². The minimum absolute atomic E-state index is 0.0233. The molecule has 0 bridgehead atoms. The van der Waals surface area contributed by atoms with Crippen LogP contribution in [0.25, 0.3) is 5.69 Å². The summed E-state index contributed by atoms with van der Waals surface area (Å²) < 4.78 is 40.6. The zero-order valence-corrected chi connectivity index (χ0v) is 10.1. The molecular formula is C11H10F3N5O. The van der Waals surface area contributed by atoms with E-state index in [1.54, 1.807) is 0 Å². The highest BCUT2D eigenvalue weighted by Gasteiger charge is 2.14. The Morgan fingerprint density at radius 3 is 2.80 bits per heavy atom. The average Bonchev–Trinajstić information content (AvgIpc) is 2.88. The third-order valence-corrected chi connectivity index (χ3v) is 2.41. The van der Waals surface area contributed by atoms with E-state index in [4.69, 9.17) is 5.73 Å². The van der Waals surface area contributed by atoms with Crippen LogP contribution in [0.1, 0.15) is 5.69 Å². The largest absolute Gasteiger partial charge is 0.349 e. The van der Waals surface area contributed by atoms with E-state index in [2.05, 4.69) is 15.6 Å². The predicted octanol–water partition coefficient (Wildman–Crippen LogP) is 0.260. The molecule has 0 spiro atoms. The molecule has 1 aromatic carbocycles. The predicted molar refractivity (Wildman–Crippen MR) is 62.1 cm³/mol. The lowest BCUT2D eigenvalue weighted by atomic mass is 10.3. The Labute approximate surface area is 111 Å². The van der Waals surface area contributed by atoms with Crippen molar-refractivity contribution in [2.24, 2.45) is 5.73 Å². The van der Waals surface area contributed by atoms with Crippen LogP contribution in [0.3, 0.4) is 0 Å². The second-order valence-electron chi connectivity index (χ2n) is 3.86. The van der Waals surface area contributed by atoms with Crippen LogP contribution in [-0.2, 0) is 11.3 Å². The van der Waals surface area contributed by atoms with Gasteiger partial charge in [-0.15, -0.1) is 5.10 Å². The lowest BCUT2D eigenvalue weighted by Gasteiger charge is -2.03. The summed E-state index contributed by atoms with van der Waals surface area (Å²) in [4.78, 5) is 11.0. The van der Waals surface area contributed by atoms with E-state index in [0.29, 0.717) is 6.07 Å². The zero-order chi connectivity index (χ0) is 14.7. The van der Waals surface area contributed by atoms with Gasteiger partial charge in [0.2, 0.25) is 5.91 Å². The first kappa shape index (κ1) is 14.0. The lowest BCUT2D eigenvalue weighted by Crippen LogP contribution is -2.29. The minimum atomic E-state index is -1.33. The van der Waals surface area contributed by atoms with Crippen molar-refractivity contribution in [1.29, 1.82) is 0 Å². The lowest BCUT2D eigenvalue weighted by molar-refractivity contribution is -0.119. The van der Waals surface area contributed by atoms with Gasteiger partial charge in [-0.25, -0.2) is 17.9 Å². The summed E-state index contributed by atoms with van der Waals surface area (Å²) in [6, 6.07) is 1.22. The third kappa shape index (κ3) is 2.94. The highest BCUT2D eigenvalue weighted by molar-refractivity contribution is 5.77. The molecule has 1 aromatic heterocycles. The molecule has 0 saturated heterocycles. The van der Waals surface area contributed by atoms with E-state index in [9.17, 15) is 18.0 Å². The number of hydrogen-bond acceptors (Lipinski definition) is 4. The van der Waals surface area contributed by atoms with Crippen molar-refractivity contribution in [3.63, 3.8) is 0 Å². The van der Waals surface area contributed by atoms with Gasteiger partial charge in [0, 0.05) is 12.1 Å². The fourth-order valence-corrected chi connectivity index (χ4v) is 1.47. The van der Waals surface area contributed by atoms with Gasteiger partial charge in [-0.2, -0.15) is 0 Å². The number of amides is 1. The first-order valence-corrected chi connectivity index (χ1v) is 5.54.